The SMILES string of the molecule is COC(=O)CCS[C@@H](C)C(=O)NC(=O)NC1CCCCC1. The number of rotatable bonds is 6. The van der Waals surface area contributed by atoms with Crippen molar-refractivity contribution in [3.63, 3.8) is 0 Å². The minimum Gasteiger partial charge on any atom is -0.469 e. The van der Waals surface area contributed by atoms with Gasteiger partial charge in [-0.3, -0.25) is 14.9 Å². The van der Waals surface area contributed by atoms with Crippen molar-refractivity contribution < 1.29 is 19.1 Å². The molecule has 0 saturated heterocycles. The predicted octanol–water partition coefficient (Wildman–Crippen LogP) is 1.83. The largest absolute Gasteiger partial charge is 0.469 e. The fraction of sp³-hybridized carbons (Fsp3) is 0.786. The van der Waals surface area contributed by atoms with Crippen molar-refractivity contribution in [1.29, 1.82) is 0 Å². The summed E-state index contributed by atoms with van der Waals surface area (Å²) in [6.07, 6.45) is 5.67. The van der Waals surface area contributed by atoms with Crippen LogP contribution in [0.1, 0.15) is 45.4 Å². The summed E-state index contributed by atoms with van der Waals surface area (Å²) < 4.78 is 4.52. The number of hydrogen-bond acceptors (Lipinski definition) is 5. The zero-order valence-electron chi connectivity index (χ0n) is 12.6. The Kier molecular flexibility index (Phi) is 8.19. The van der Waals surface area contributed by atoms with E-state index in [-0.39, 0.29) is 29.6 Å². The van der Waals surface area contributed by atoms with Gasteiger partial charge in [-0.2, -0.15) is 0 Å². The van der Waals surface area contributed by atoms with Crippen LogP contribution in [0.4, 0.5) is 4.79 Å². The number of carbonyl (C=O) groups is 3. The van der Waals surface area contributed by atoms with Crippen LogP contribution in [0.3, 0.4) is 0 Å². The molecule has 0 bridgehead atoms. The van der Waals surface area contributed by atoms with E-state index in [2.05, 4.69) is 15.4 Å². The van der Waals surface area contributed by atoms with E-state index in [4.69, 9.17) is 0 Å². The van der Waals surface area contributed by atoms with Gasteiger partial charge < -0.3 is 10.1 Å². The molecule has 0 aromatic rings. The third-order valence-corrected chi connectivity index (χ3v) is 4.60. The number of thioether (sulfide) groups is 1. The number of methoxy groups -OCH3 is 1. The zero-order chi connectivity index (χ0) is 15.7. The van der Waals surface area contributed by atoms with Crippen molar-refractivity contribution in [2.24, 2.45) is 0 Å². The standard InChI is InChI=1S/C14H24N2O4S/c1-10(21-9-8-12(17)20-2)13(18)16-14(19)15-11-6-4-3-5-7-11/h10-11H,3-9H2,1-2H3,(H2,15,16,18,19)/t10-/m0/s1. The molecule has 1 aliphatic rings. The summed E-state index contributed by atoms with van der Waals surface area (Å²) in [5.74, 6) is -0.144. The molecule has 1 aliphatic carbocycles. The van der Waals surface area contributed by atoms with Crippen LogP contribution in [0.25, 0.3) is 0 Å². The number of urea groups is 1. The molecule has 1 fully saturated rings. The molecule has 0 aromatic heterocycles. The summed E-state index contributed by atoms with van der Waals surface area (Å²) in [7, 11) is 1.33. The molecule has 120 valence electrons. The van der Waals surface area contributed by atoms with Gasteiger partial charge in [-0.05, 0) is 19.8 Å². The maximum atomic E-state index is 11.8. The van der Waals surface area contributed by atoms with Crippen LogP contribution in [-0.2, 0) is 14.3 Å². The van der Waals surface area contributed by atoms with Gasteiger partial charge in [-0.1, -0.05) is 19.3 Å². The van der Waals surface area contributed by atoms with Gasteiger partial charge >= 0.3 is 12.0 Å². The highest BCUT2D eigenvalue weighted by Crippen LogP contribution is 2.17. The van der Waals surface area contributed by atoms with Crippen molar-refractivity contribution in [1.82, 2.24) is 10.6 Å². The summed E-state index contributed by atoms with van der Waals surface area (Å²) in [6.45, 7) is 1.71. The summed E-state index contributed by atoms with van der Waals surface area (Å²) in [5, 5.41) is 4.80. The Morgan fingerprint density at radius 3 is 2.52 bits per heavy atom. The Bertz CT molecular complexity index is 370. The topological polar surface area (TPSA) is 84.5 Å². The number of nitrogens with one attached hydrogen (secondary N) is 2. The van der Waals surface area contributed by atoms with Crippen molar-refractivity contribution in [3.8, 4) is 0 Å². The van der Waals surface area contributed by atoms with E-state index in [1.54, 1.807) is 6.92 Å². The molecular weight excluding hydrogens is 292 g/mol. The quantitative estimate of drug-likeness (QED) is 0.730. The second kappa shape index (κ2) is 9.65. The summed E-state index contributed by atoms with van der Waals surface area (Å²) in [4.78, 5) is 34.5. The molecule has 0 unspecified atom stereocenters. The second-order valence-electron chi connectivity index (χ2n) is 5.14. The molecule has 2 N–H and O–H groups in total. The second-order valence-corrected chi connectivity index (χ2v) is 6.59. The Morgan fingerprint density at radius 1 is 1.24 bits per heavy atom. The van der Waals surface area contributed by atoms with Gasteiger partial charge in [0.2, 0.25) is 5.91 Å². The van der Waals surface area contributed by atoms with E-state index < -0.39 is 6.03 Å². The first-order valence-corrected chi connectivity index (χ1v) is 8.37. The number of hydrogen-bond donors (Lipinski definition) is 2. The van der Waals surface area contributed by atoms with E-state index >= 15 is 0 Å². The lowest BCUT2D eigenvalue weighted by Gasteiger charge is -2.23. The molecular formula is C14H24N2O4S. The molecule has 1 rings (SSSR count). The average molecular weight is 316 g/mol. The molecule has 0 heterocycles. The first kappa shape index (κ1) is 17.8. The van der Waals surface area contributed by atoms with E-state index in [9.17, 15) is 14.4 Å². The van der Waals surface area contributed by atoms with Crippen LogP contribution in [0.2, 0.25) is 0 Å². The highest BCUT2D eigenvalue weighted by molar-refractivity contribution is 8.00. The Labute approximate surface area is 129 Å². The molecule has 3 amide bonds. The minimum absolute atomic E-state index is 0.175. The maximum absolute atomic E-state index is 11.8. The first-order valence-electron chi connectivity index (χ1n) is 7.32. The zero-order valence-corrected chi connectivity index (χ0v) is 13.5. The Balaban J connectivity index is 2.21. The highest BCUT2D eigenvalue weighted by atomic mass is 32.2. The average Bonchev–Trinajstić information content (AvgIpc) is 2.47. The van der Waals surface area contributed by atoms with Crippen LogP contribution >= 0.6 is 11.8 Å². The smallest absolute Gasteiger partial charge is 0.321 e. The minimum atomic E-state index is -0.424. The van der Waals surface area contributed by atoms with Gasteiger partial charge in [0.15, 0.2) is 0 Å². The Hall–Kier alpha value is -1.24. The fourth-order valence-corrected chi connectivity index (χ4v) is 3.03. The normalized spacial score (nSPS) is 16.9. The van der Waals surface area contributed by atoms with Gasteiger partial charge in [0.1, 0.15) is 0 Å². The van der Waals surface area contributed by atoms with Crippen LogP contribution in [0, 0.1) is 0 Å². The molecule has 0 radical (unpaired) electrons. The number of imide groups is 1. The van der Waals surface area contributed by atoms with E-state index in [1.165, 1.54) is 25.3 Å². The molecule has 1 atom stereocenters. The lowest BCUT2D eigenvalue weighted by molar-refractivity contribution is -0.140. The molecule has 0 spiro atoms. The van der Waals surface area contributed by atoms with Crippen LogP contribution < -0.4 is 10.6 Å². The molecule has 1 saturated carbocycles. The van der Waals surface area contributed by atoms with Gasteiger partial charge in [-0.25, -0.2) is 4.79 Å². The predicted molar refractivity (Wildman–Crippen MR) is 82.1 cm³/mol. The third kappa shape index (κ3) is 7.36. The fourth-order valence-electron chi connectivity index (χ4n) is 2.18. The monoisotopic (exact) mass is 316 g/mol. The van der Waals surface area contributed by atoms with Crippen molar-refractivity contribution in [2.75, 3.05) is 12.9 Å². The summed E-state index contributed by atoms with van der Waals surface area (Å²) >= 11 is 1.32. The van der Waals surface area contributed by atoms with E-state index in [1.807, 2.05) is 0 Å². The van der Waals surface area contributed by atoms with Crippen molar-refractivity contribution in [3.05, 3.63) is 0 Å². The van der Waals surface area contributed by atoms with Gasteiger partial charge in [0.05, 0.1) is 18.8 Å². The van der Waals surface area contributed by atoms with Crippen LogP contribution in [-0.4, -0.2) is 42.1 Å². The van der Waals surface area contributed by atoms with Gasteiger partial charge in [-0.15, -0.1) is 11.8 Å². The maximum Gasteiger partial charge on any atom is 0.321 e. The van der Waals surface area contributed by atoms with E-state index in [0.717, 1.165) is 25.7 Å². The third-order valence-electron chi connectivity index (χ3n) is 3.45. The first-order chi connectivity index (χ1) is 10.0. The lowest BCUT2D eigenvalue weighted by atomic mass is 9.96. The highest BCUT2D eigenvalue weighted by Gasteiger charge is 2.20. The van der Waals surface area contributed by atoms with Crippen molar-refractivity contribution >= 4 is 29.7 Å². The summed E-state index contributed by atoms with van der Waals surface area (Å²) in [6, 6.07) is -0.249. The molecule has 0 aliphatic heterocycles. The molecule has 6 nitrogen and oxygen atoms in total. The number of amides is 3. The molecule has 7 heteroatoms. The van der Waals surface area contributed by atoms with E-state index in [0.29, 0.717) is 5.75 Å². The Morgan fingerprint density at radius 2 is 1.90 bits per heavy atom. The van der Waals surface area contributed by atoms with Gasteiger partial charge in [0.25, 0.3) is 0 Å². The molecule has 0 aromatic carbocycles. The van der Waals surface area contributed by atoms with Crippen molar-refractivity contribution in [2.45, 2.75) is 56.7 Å². The number of ether oxygens (including phenoxy) is 1. The lowest BCUT2D eigenvalue weighted by Crippen LogP contribution is -2.47. The number of esters is 1. The van der Waals surface area contributed by atoms with Crippen LogP contribution in [0.15, 0.2) is 0 Å². The van der Waals surface area contributed by atoms with Crippen LogP contribution in [0.5, 0.6) is 0 Å². The van der Waals surface area contributed by atoms with Gasteiger partial charge in [0, 0.05) is 11.8 Å². The number of carbonyl (C=O) groups excluding carboxylic acids is 3. The molecule has 21 heavy (non-hydrogen) atoms. The summed E-state index contributed by atoms with van der Waals surface area (Å²) in [5.41, 5.74) is 0.